The quantitative estimate of drug-likeness (QED) is 0.654. The van der Waals surface area contributed by atoms with Crippen LogP contribution < -0.4 is 11.3 Å². The third kappa shape index (κ3) is 3.33. The molecule has 0 heterocycles. The van der Waals surface area contributed by atoms with E-state index in [0.717, 1.165) is 17.5 Å². The van der Waals surface area contributed by atoms with E-state index in [2.05, 4.69) is 5.43 Å². The Bertz CT molecular complexity index is 445. The van der Waals surface area contributed by atoms with Crippen LogP contribution in [-0.2, 0) is 0 Å². The molecule has 1 aliphatic rings. The molecule has 1 saturated carbocycles. The Balaban J connectivity index is 2.29. The van der Waals surface area contributed by atoms with Gasteiger partial charge in [0.15, 0.2) is 0 Å². The Morgan fingerprint density at radius 3 is 2.55 bits per heavy atom. The molecule has 2 nitrogen and oxygen atoms in total. The molecule has 3 unspecified atom stereocenters. The number of benzene rings is 1. The fourth-order valence-corrected chi connectivity index (χ4v) is 3.30. The van der Waals surface area contributed by atoms with Crippen molar-refractivity contribution in [3.63, 3.8) is 0 Å². The molecule has 20 heavy (non-hydrogen) atoms. The molecule has 112 valence electrons. The normalized spacial score (nSPS) is 25.4. The average molecular weight is 286 g/mol. The van der Waals surface area contributed by atoms with Crippen molar-refractivity contribution in [3.05, 3.63) is 35.4 Å². The van der Waals surface area contributed by atoms with Gasteiger partial charge in [0.05, 0.1) is 5.92 Å². The summed E-state index contributed by atoms with van der Waals surface area (Å²) < 4.78 is 39.6. The predicted molar refractivity (Wildman–Crippen MR) is 72.7 cm³/mol. The number of alkyl halides is 3. The van der Waals surface area contributed by atoms with Crippen LogP contribution in [-0.4, -0.2) is 6.18 Å². The van der Waals surface area contributed by atoms with Gasteiger partial charge in [0, 0.05) is 6.04 Å². The summed E-state index contributed by atoms with van der Waals surface area (Å²) in [5, 5.41) is 0. The van der Waals surface area contributed by atoms with Crippen LogP contribution in [0.2, 0.25) is 0 Å². The lowest BCUT2D eigenvalue weighted by Gasteiger charge is -2.38. The molecule has 0 aliphatic heterocycles. The number of halogens is 3. The van der Waals surface area contributed by atoms with E-state index in [1.165, 1.54) is 0 Å². The van der Waals surface area contributed by atoms with Crippen LogP contribution >= 0.6 is 0 Å². The maximum atomic E-state index is 13.2. The first-order valence-corrected chi connectivity index (χ1v) is 7.03. The molecule has 3 atom stereocenters. The number of nitrogens with one attached hydrogen (secondary N) is 1. The third-order valence-corrected chi connectivity index (χ3v) is 4.25. The van der Waals surface area contributed by atoms with E-state index < -0.39 is 24.1 Å². The molecule has 0 bridgehead atoms. The highest BCUT2D eigenvalue weighted by Crippen LogP contribution is 2.46. The fraction of sp³-hybridized carbons (Fsp3) is 0.600. The van der Waals surface area contributed by atoms with Crippen LogP contribution in [0.4, 0.5) is 13.2 Å². The van der Waals surface area contributed by atoms with Gasteiger partial charge >= 0.3 is 6.18 Å². The minimum absolute atomic E-state index is 0.207. The van der Waals surface area contributed by atoms with Crippen molar-refractivity contribution in [3.8, 4) is 0 Å². The zero-order valence-electron chi connectivity index (χ0n) is 11.6. The van der Waals surface area contributed by atoms with Crippen LogP contribution in [0.3, 0.4) is 0 Å². The van der Waals surface area contributed by atoms with E-state index in [-0.39, 0.29) is 6.42 Å². The molecule has 1 fully saturated rings. The summed E-state index contributed by atoms with van der Waals surface area (Å²) in [6.45, 7) is 1.93. The predicted octanol–water partition coefficient (Wildman–Crippen LogP) is 3.87. The number of aryl methyl sites for hydroxylation is 1. The zero-order valence-corrected chi connectivity index (χ0v) is 11.6. The van der Waals surface area contributed by atoms with Crippen molar-refractivity contribution in [2.45, 2.75) is 44.8 Å². The molecule has 5 heteroatoms. The summed E-state index contributed by atoms with van der Waals surface area (Å²) in [5.74, 6) is 3.82. The van der Waals surface area contributed by atoms with Crippen molar-refractivity contribution in [2.75, 3.05) is 0 Å². The van der Waals surface area contributed by atoms with E-state index in [1.807, 2.05) is 31.2 Å². The van der Waals surface area contributed by atoms with Gasteiger partial charge < -0.3 is 0 Å². The van der Waals surface area contributed by atoms with Crippen LogP contribution in [0.1, 0.15) is 42.9 Å². The number of hydrogen-bond acceptors (Lipinski definition) is 2. The molecular weight excluding hydrogens is 265 g/mol. The van der Waals surface area contributed by atoms with Gasteiger partial charge in [0.25, 0.3) is 0 Å². The van der Waals surface area contributed by atoms with Crippen molar-refractivity contribution in [2.24, 2.45) is 17.7 Å². The van der Waals surface area contributed by atoms with E-state index >= 15 is 0 Å². The lowest BCUT2D eigenvalue weighted by atomic mass is 9.73. The van der Waals surface area contributed by atoms with Crippen LogP contribution in [0.5, 0.6) is 0 Å². The summed E-state index contributed by atoms with van der Waals surface area (Å²) >= 11 is 0. The molecule has 3 N–H and O–H groups in total. The highest BCUT2D eigenvalue weighted by molar-refractivity contribution is 5.26. The van der Waals surface area contributed by atoms with Gasteiger partial charge in [-0.05, 0) is 31.2 Å². The van der Waals surface area contributed by atoms with Crippen LogP contribution in [0, 0.1) is 18.8 Å². The van der Waals surface area contributed by atoms with E-state index in [1.54, 1.807) is 0 Å². The molecule has 2 rings (SSSR count). The number of nitrogens with two attached hydrogens (primary N) is 1. The largest absolute Gasteiger partial charge is 0.392 e. The van der Waals surface area contributed by atoms with Gasteiger partial charge in [-0.1, -0.05) is 42.7 Å². The molecule has 0 spiro atoms. The highest BCUT2D eigenvalue weighted by Gasteiger charge is 2.47. The number of hydrogen-bond donors (Lipinski definition) is 2. The van der Waals surface area contributed by atoms with E-state index in [9.17, 15) is 13.2 Å². The molecule has 0 saturated heterocycles. The second kappa shape index (κ2) is 6.14. The van der Waals surface area contributed by atoms with E-state index in [0.29, 0.717) is 12.8 Å². The molecule has 1 aromatic rings. The highest BCUT2D eigenvalue weighted by atomic mass is 19.4. The average Bonchev–Trinajstić information content (AvgIpc) is 2.39. The SMILES string of the molecule is Cc1cccc(C(NN)C2CCCCC2C(F)(F)F)c1. The maximum absolute atomic E-state index is 13.2. The Hall–Kier alpha value is -1.07. The third-order valence-electron chi connectivity index (χ3n) is 4.25. The number of hydrazine groups is 1. The second-order valence-corrected chi connectivity index (χ2v) is 5.65. The van der Waals surface area contributed by atoms with Crippen LogP contribution in [0.25, 0.3) is 0 Å². The lowest BCUT2D eigenvalue weighted by molar-refractivity contribution is -0.199. The molecule has 1 aliphatic carbocycles. The summed E-state index contributed by atoms with van der Waals surface area (Å²) in [7, 11) is 0. The van der Waals surface area contributed by atoms with Gasteiger partial charge in [-0.15, -0.1) is 0 Å². The summed E-state index contributed by atoms with van der Waals surface area (Å²) in [6, 6.07) is 7.10. The van der Waals surface area contributed by atoms with E-state index in [4.69, 9.17) is 5.84 Å². The van der Waals surface area contributed by atoms with Crippen LogP contribution in [0.15, 0.2) is 24.3 Å². The summed E-state index contributed by atoms with van der Waals surface area (Å²) in [4.78, 5) is 0. The second-order valence-electron chi connectivity index (χ2n) is 5.65. The topological polar surface area (TPSA) is 38.0 Å². The van der Waals surface area contributed by atoms with Gasteiger partial charge in [-0.25, -0.2) is 0 Å². The Kier molecular flexibility index (Phi) is 4.70. The van der Waals surface area contributed by atoms with Crippen molar-refractivity contribution >= 4 is 0 Å². The van der Waals surface area contributed by atoms with Crippen molar-refractivity contribution in [1.29, 1.82) is 0 Å². The number of rotatable bonds is 3. The van der Waals surface area contributed by atoms with Gasteiger partial charge in [0.1, 0.15) is 0 Å². The molecule has 0 radical (unpaired) electrons. The minimum atomic E-state index is -4.15. The molecule has 0 aromatic heterocycles. The van der Waals surface area contributed by atoms with Gasteiger partial charge in [0.2, 0.25) is 0 Å². The fourth-order valence-electron chi connectivity index (χ4n) is 3.30. The zero-order chi connectivity index (χ0) is 14.8. The lowest BCUT2D eigenvalue weighted by Crippen LogP contribution is -2.43. The molecule has 1 aromatic carbocycles. The Labute approximate surface area is 117 Å². The van der Waals surface area contributed by atoms with Gasteiger partial charge in [-0.3, -0.25) is 11.3 Å². The van der Waals surface area contributed by atoms with Gasteiger partial charge in [-0.2, -0.15) is 13.2 Å². The summed E-state index contributed by atoms with van der Waals surface area (Å²) in [5.41, 5.74) is 4.49. The standard InChI is InChI=1S/C15H21F3N2/c1-10-5-4-6-11(9-10)14(20-19)12-7-2-3-8-13(12)15(16,17)18/h4-6,9,12-14,20H,2-3,7-8,19H2,1H3. The molecule has 0 amide bonds. The van der Waals surface area contributed by atoms with Crippen molar-refractivity contribution in [1.82, 2.24) is 5.43 Å². The van der Waals surface area contributed by atoms with Crippen molar-refractivity contribution < 1.29 is 13.2 Å². The molecular formula is C15H21F3N2. The first-order chi connectivity index (χ1) is 9.43. The summed E-state index contributed by atoms with van der Waals surface area (Å²) in [6.07, 6.45) is -1.90. The first kappa shape index (κ1) is 15.3. The first-order valence-electron chi connectivity index (χ1n) is 7.03. The monoisotopic (exact) mass is 286 g/mol. The maximum Gasteiger partial charge on any atom is 0.392 e. The smallest absolute Gasteiger partial charge is 0.271 e. The minimum Gasteiger partial charge on any atom is -0.271 e. The Morgan fingerprint density at radius 2 is 1.95 bits per heavy atom. The Morgan fingerprint density at radius 1 is 1.25 bits per heavy atom.